The van der Waals surface area contributed by atoms with Crippen molar-refractivity contribution in [3.63, 3.8) is 0 Å². The fraction of sp³-hybridized carbons (Fsp3) is 0.545. The number of likely N-dealkylation sites (tertiary alicyclic amines) is 1. The number of aryl methyl sites for hydroxylation is 1. The molecule has 0 aliphatic carbocycles. The van der Waals surface area contributed by atoms with Crippen LogP contribution in [0, 0.1) is 0 Å². The number of aromatic nitrogens is 1. The zero-order chi connectivity index (χ0) is 20.1. The van der Waals surface area contributed by atoms with Gasteiger partial charge in [-0.15, -0.1) is 0 Å². The number of fused-ring (bicyclic) bond motifs is 1. The minimum absolute atomic E-state index is 0.00416. The highest BCUT2D eigenvalue weighted by Crippen LogP contribution is 2.27. The van der Waals surface area contributed by atoms with Crippen molar-refractivity contribution in [2.24, 2.45) is 0 Å². The van der Waals surface area contributed by atoms with Gasteiger partial charge in [0.25, 0.3) is 11.5 Å². The van der Waals surface area contributed by atoms with Crippen molar-refractivity contribution in [1.82, 2.24) is 14.8 Å². The zero-order valence-electron chi connectivity index (χ0n) is 17.2. The topological polar surface area (TPSA) is 63.6 Å². The highest BCUT2D eigenvalue weighted by atomic mass is 16.5. The van der Waals surface area contributed by atoms with Gasteiger partial charge in [-0.05, 0) is 56.5 Å². The van der Waals surface area contributed by atoms with Crippen LogP contribution in [0.25, 0.3) is 10.9 Å². The number of nitrogens with one attached hydrogen (secondary N) is 1. The summed E-state index contributed by atoms with van der Waals surface area (Å²) in [6, 6.07) is 7.45. The average molecular weight is 386 g/mol. The van der Waals surface area contributed by atoms with Crippen molar-refractivity contribution in [3.05, 3.63) is 40.2 Å². The lowest BCUT2D eigenvalue weighted by Crippen LogP contribution is -2.35. The molecule has 1 amide bonds. The molecule has 152 valence electrons. The molecule has 0 spiro atoms. The zero-order valence-corrected chi connectivity index (χ0v) is 17.2. The van der Waals surface area contributed by atoms with E-state index in [1.54, 1.807) is 10.6 Å². The molecule has 1 N–H and O–H groups in total. The summed E-state index contributed by atoms with van der Waals surface area (Å²) >= 11 is 0. The lowest BCUT2D eigenvalue weighted by atomic mass is 9.98. The Morgan fingerprint density at radius 2 is 1.96 bits per heavy atom. The second-order valence-electron chi connectivity index (χ2n) is 7.70. The van der Waals surface area contributed by atoms with Crippen LogP contribution in [-0.2, 0) is 11.3 Å². The number of amides is 1. The van der Waals surface area contributed by atoms with Crippen molar-refractivity contribution in [3.8, 4) is 5.75 Å². The molecular weight excluding hydrogens is 354 g/mol. The number of rotatable bonds is 8. The van der Waals surface area contributed by atoms with Gasteiger partial charge in [-0.1, -0.05) is 13.8 Å². The van der Waals surface area contributed by atoms with Gasteiger partial charge in [0.15, 0.2) is 6.61 Å². The summed E-state index contributed by atoms with van der Waals surface area (Å²) in [5.41, 5.74) is 1.89. The van der Waals surface area contributed by atoms with E-state index in [-0.39, 0.29) is 24.0 Å². The van der Waals surface area contributed by atoms with Crippen molar-refractivity contribution >= 4 is 16.8 Å². The van der Waals surface area contributed by atoms with Crippen LogP contribution in [0.4, 0.5) is 0 Å². The summed E-state index contributed by atoms with van der Waals surface area (Å²) in [4.78, 5) is 26.9. The molecule has 28 heavy (non-hydrogen) atoms. The van der Waals surface area contributed by atoms with Gasteiger partial charge in [-0.2, -0.15) is 0 Å². The molecule has 1 aliphatic rings. The van der Waals surface area contributed by atoms with Crippen molar-refractivity contribution in [1.29, 1.82) is 0 Å². The first-order valence-electron chi connectivity index (χ1n) is 10.3. The molecule has 6 heteroatoms. The molecule has 1 aliphatic heterocycles. The third-order valence-electron chi connectivity index (χ3n) is 5.37. The first kappa shape index (κ1) is 20.4. The quantitative estimate of drug-likeness (QED) is 0.759. The molecule has 3 rings (SSSR count). The lowest BCUT2D eigenvalue weighted by Gasteiger charge is -2.16. The van der Waals surface area contributed by atoms with Crippen LogP contribution in [0.2, 0.25) is 0 Å². The van der Waals surface area contributed by atoms with E-state index >= 15 is 0 Å². The molecule has 0 bridgehead atoms. The molecule has 0 atom stereocenters. The standard InChI is InChI=1S/C22H31N3O3/c1-4-25-20-13-17(7-8-18(20)19(16(2)3)14-22(25)27)28-15-21(26)23-9-12-24-10-5-6-11-24/h7-8,13-14,16H,4-6,9-12,15H2,1-3H3,(H,23,26). The van der Waals surface area contributed by atoms with Gasteiger partial charge in [-0.3, -0.25) is 9.59 Å². The predicted octanol–water partition coefficient (Wildman–Crippen LogP) is 2.74. The van der Waals surface area contributed by atoms with E-state index in [2.05, 4.69) is 24.1 Å². The van der Waals surface area contributed by atoms with Crippen molar-refractivity contribution in [2.45, 2.75) is 46.1 Å². The molecular formula is C22H31N3O3. The molecule has 0 radical (unpaired) electrons. The number of pyridine rings is 1. The minimum Gasteiger partial charge on any atom is -0.484 e. The van der Waals surface area contributed by atoms with Gasteiger partial charge < -0.3 is 19.5 Å². The summed E-state index contributed by atoms with van der Waals surface area (Å²) in [5.74, 6) is 0.739. The molecule has 2 heterocycles. The van der Waals surface area contributed by atoms with E-state index < -0.39 is 0 Å². The maximum atomic E-state index is 12.4. The Bertz CT molecular complexity index is 882. The van der Waals surface area contributed by atoms with E-state index in [0.717, 1.165) is 36.1 Å². The molecule has 1 fully saturated rings. The van der Waals surface area contributed by atoms with E-state index in [1.165, 1.54) is 12.8 Å². The van der Waals surface area contributed by atoms with Crippen LogP contribution in [0.5, 0.6) is 5.75 Å². The van der Waals surface area contributed by atoms with Crippen LogP contribution >= 0.6 is 0 Å². The average Bonchev–Trinajstić information content (AvgIpc) is 3.19. The number of nitrogens with zero attached hydrogens (tertiary/aromatic N) is 2. The number of benzene rings is 1. The summed E-state index contributed by atoms with van der Waals surface area (Å²) in [6.07, 6.45) is 2.50. The third-order valence-corrected chi connectivity index (χ3v) is 5.37. The molecule has 1 saturated heterocycles. The number of carbonyl (C=O) groups is 1. The van der Waals surface area contributed by atoms with E-state index in [0.29, 0.717) is 18.8 Å². The monoisotopic (exact) mass is 385 g/mol. The van der Waals surface area contributed by atoms with Crippen LogP contribution < -0.4 is 15.6 Å². The third kappa shape index (κ3) is 4.73. The van der Waals surface area contributed by atoms with Gasteiger partial charge in [0.05, 0.1) is 5.52 Å². The summed E-state index contributed by atoms with van der Waals surface area (Å²) < 4.78 is 7.44. The highest BCUT2D eigenvalue weighted by molar-refractivity contribution is 5.84. The fourth-order valence-electron chi connectivity index (χ4n) is 3.84. The summed E-state index contributed by atoms with van der Waals surface area (Å²) in [6.45, 7) is 10.5. The smallest absolute Gasteiger partial charge is 0.257 e. The van der Waals surface area contributed by atoms with E-state index in [4.69, 9.17) is 4.74 Å². The molecule has 1 aromatic carbocycles. The van der Waals surface area contributed by atoms with Gasteiger partial charge in [0.2, 0.25) is 0 Å². The maximum Gasteiger partial charge on any atom is 0.257 e. The molecule has 0 saturated carbocycles. The van der Waals surface area contributed by atoms with Crippen LogP contribution in [0.3, 0.4) is 0 Å². The molecule has 6 nitrogen and oxygen atoms in total. The van der Waals surface area contributed by atoms with E-state index in [1.807, 2.05) is 25.1 Å². The predicted molar refractivity (Wildman–Crippen MR) is 112 cm³/mol. The Hall–Kier alpha value is -2.34. The Morgan fingerprint density at radius 1 is 1.21 bits per heavy atom. The highest BCUT2D eigenvalue weighted by Gasteiger charge is 2.13. The lowest BCUT2D eigenvalue weighted by molar-refractivity contribution is -0.123. The van der Waals surface area contributed by atoms with Crippen molar-refractivity contribution < 1.29 is 9.53 Å². The number of hydrogen-bond acceptors (Lipinski definition) is 4. The number of carbonyl (C=O) groups excluding carboxylic acids is 1. The van der Waals surface area contributed by atoms with Crippen molar-refractivity contribution in [2.75, 3.05) is 32.8 Å². The number of hydrogen-bond donors (Lipinski definition) is 1. The normalized spacial score (nSPS) is 14.7. The molecule has 2 aromatic rings. The largest absolute Gasteiger partial charge is 0.484 e. The van der Waals surface area contributed by atoms with Crippen LogP contribution in [-0.4, -0.2) is 48.2 Å². The summed E-state index contributed by atoms with van der Waals surface area (Å²) in [5, 5.41) is 3.97. The SMILES string of the molecule is CCn1c(=O)cc(C(C)C)c2ccc(OCC(=O)NCCN3CCCC3)cc21. The van der Waals surface area contributed by atoms with Crippen LogP contribution in [0.15, 0.2) is 29.1 Å². The van der Waals surface area contributed by atoms with Gasteiger partial charge in [0, 0.05) is 37.2 Å². The first-order valence-corrected chi connectivity index (χ1v) is 10.3. The second-order valence-corrected chi connectivity index (χ2v) is 7.70. The van der Waals surface area contributed by atoms with Gasteiger partial charge >= 0.3 is 0 Å². The minimum atomic E-state index is -0.122. The second kappa shape index (κ2) is 9.24. The number of ether oxygens (including phenoxy) is 1. The van der Waals surface area contributed by atoms with Gasteiger partial charge in [-0.25, -0.2) is 0 Å². The Labute approximate surface area is 166 Å². The Morgan fingerprint density at radius 3 is 2.64 bits per heavy atom. The van der Waals surface area contributed by atoms with E-state index in [9.17, 15) is 9.59 Å². The molecule has 1 aromatic heterocycles. The Balaban J connectivity index is 1.66. The Kier molecular flexibility index (Phi) is 6.73. The summed E-state index contributed by atoms with van der Waals surface area (Å²) in [7, 11) is 0. The molecule has 0 unspecified atom stereocenters. The van der Waals surface area contributed by atoms with Crippen LogP contribution in [0.1, 0.15) is 45.1 Å². The first-order chi connectivity index (χ1) is 13.5. The van der Waals surface area contributed by atoms with Gasteiger partial charge in [0.1, 0.15) is 5.75 Å². The maximum absolute atomic E-state index is 12.4. The fourth-order valence-corrected chi connectivity index (χ4v) is 3.84.